The molecule has 0 saturated heterocycles. The Hall–Kier alpha value is 0.0869. The van der Waals surface area contributed by atoms with E-state index in [9.17, 15) is 0 Å². The number of hydrogen-bond acceptors (Lipinski definition) is 2. The highest BCUT2D eigenvalue weighted by atomic mass is 32.2. The highest BCUT2D eigenvalue weighted by Gasteiger charge is 2.18. The molecule has 0 atom stereocenters. The van der Waals surface area contributed by atoms with Crippen molar-refractivity contribution in [3.05, 3.63) is 0 Å². The van der Waals surface area contributed by atoms with Gasteiger partial charge >= 0.3 is 0 Å². The van der Waals surface area contributed by atoms with Crippen molar-refractivity contribution in [2.45, 2.75) is 117 Å². The van der Waals surface area contributed by atoms with E-state index in [4.69, 9.17) is 4.74 Å². The van der Waals surface area contributed by atoms with E-state index in [0.29, 0.717) is 6.10 Å². The first-order valence-electron chi connectivity index (χ1n) is 11.5. The summed E-state index contributed by atoms with van der Waals surface area (Å²) in [6, 6.07) is 1.34. The van der Waals surface area contributed by atoms with Gasteiger partial charge in [-0.1, -0.05) is 71.9 Å². The molecular weight excluding hydrogens is 364 g/mol. The van der Waals surface area contributed by atoms with Gasteiger partial charge < -0.3 is 4.74 Å². The van der Waals surface area contributed by atoms with Gasteiger partial charge in [-0.15, -0.1) is 11.5 Å². The van der Waals surface area contributed by atoms with E-state index in [1.54, 1.807) is 0 Å². The molecule has 0 aromatic carbocycles. The fourth-order valence-electron chi connectivity index (χ4n) is 3.47. The second kappa shape index (κ2) is 18.1. The molecule has 0 aliphatic heterocycles. The smallest absolute Gasteiger partial charge is 0.132 e. The summed E-state index contributed by atoms with van der Waals surface area (Å²) in [4.78, 5) is 0. The lowest BCUT2D eigenvalue weighted by Gasteiger charge is -2.16. The van der Waals surface area contributed by atoms with Crippen LogP contribution in [0, 0.1) is 17.4 Å². The SMILES string of the molecule is CC(C)C[Si](C)(C)C#CCCCCCCCCCCCSCCOC(C)C. The molecule has 3 heteroatoms. The van der Waals surface area contributed by atoms with Crippen molar-refractivity contribution in [1.82, 2.24) is 0 Å². The Morgan fingerprint density at radius 2 is 1.33 bits per heavy atom. The molecule has 0 N–H and O–H groups in total. The summed E-state index contributed by atoms with van der Waals surface area (Å²) in [5.41, 5.74) is 3.62. The van der Waals surface area contributed by atoms with Gasteiger partial charge in [0.2, 0.25) is 0 Å². The molecule has 0 aromatic rings. The van der Waals surface area contributed by atoms with Crippen molar-refractivity contribution in [3.63, 3.8) is 0 Å². The maximum absolute atomic E-state index is 5.56. The number of ether oxygens (including phenoxy) is 1. The van der Waals surface area contributed by atoms with Gasteiger partial charge in [0.05, 0.1) is 12.7 Å². The molecule has 27 heavy (non-hydrogen) atoms. The molecule has 0 heterocycles. The van der Waals surface area contributed by atoms with Crippen molar-refractivity contribution in [1.29, 1.82) is 0 Å². The number of thioether (sulfide) groups is 1. The predicted octanol–water partition coefficient (Wildman–Crippen LogP) is 7.95. The van der Waals surface area contributed by atoms with Gasteiger partial charge in [-0.2, -0.15) is 11.8 Å². The molecule has 1 nitrogen and oxygen atoms in total. The van der Waals surface area contributed by atoms with Crippen LogP contribution in [0.25, 0.3) is 0 Å². The predicted molar refractivity (Wildman–Crippen MR) is 129 cm³/mol. The lowest BCUT2D eigenvalue weighted by Crippen LogP contribution is -2.25. The molecule has 0 radical (unpaired) electrons. The zero-order valence-corrected chi connectivity index (χ0v) is 21.2. The Balaban J connectivity index is 3.28. The third-order valence-electron chi connectivity index (χ3n) is 4.61. The third-order valence-corrected chi connectivity index (χ3v) is 8.34. The Labute approximate surface area is 177 Å². The van der Waals surface area contributed by atoms with E-state index in [0.717, 1.165) is 24.7 Å². The van der Waals surface area contributed by atoms with Crippen molar-refractivity contribution < 1.29 is 4.74 Å². The zero-order chi connectivity index (χ0) is 20.4. The van der Waals surface area contributed by atoms with E-state index in [2.05, 4.69) is 52.3 Å². The summed E-state index contributed by atoms with van der Waals surface area (Å²) in [5.74, 6) is 6.73. The van der Waals surface area contributed by atoms with E-state index in [1.807, 2.05) is 11.8 Å². The summed E-state index contributed by atoms with van der Waals surface area (Å²) < 4.78 is 5.56. The van der Waals surface area contributed by atoms with Gasteiger partial charge in [-0.25, -0.2) is 0 Å². The Bertz CT molecular complexity index is 382. The van der Waals surface area contributed by atoms with Gasteiger partial charge in [-0.05, 0) is 44.4 Å². The van der Waals surface area contributed by atoms with Crippen LogP contribution in [0.2, 0.25) is 19.1 Å². The molecule has 0 fully saturated rings. The van der Waals surface area contributed by atoms with E-state index in [-0.39, 0.29) is 0 Å². The fraction of sp³-hybridized carbons (Fsp3) is 0.917. The monoisotopic (exact) mass is 412 g/mol. The number of unbranched alkanes of at least 4 members (excludes halogenated alkanes) is 9. The highest BCUT2D eigenvalue weighted by molar-refractivity contribution is 7.99. The van der Waals surface area contributed by atoms with Crippen molar-refractivity contribution >= 4 is 19.8 Å². The average Bonchev–Trinajstić information content (AvgIpc) is 2.56. The summed E-state index contributed by atoms with van der Waals surface area (Å²) in [5, 5.41) is 0. The van der Waals surface area contributed by atoms with Crippen LogP contribution >= 0.6 is 11.8 Å². The summed E-state index contributed by atoms with van der Waals surface area (Å²) in [6.45, 7) is 14.6. The minimum absolute atomic E-state index is 0.377. The maximum Gasteiger partial charge on any atom is 0.132 e. The first-order chi connectivity index (χ1) is 12.8. The van der Waals surface area contributed by atoms with Crippen LogP contribution in [0.15, 0.2) is 0 Å². The van der Waals surface area contributed by atoms with E-state index < -0.39 is 8.07 Å². The quantitative estimate of drug-likeness (QED) is 0.136. The Kier molecular flexibility index (Phi) is 18.2. The van der Waals surface area contributed by atoms with Crippen LogP contribution in [-0.2, 0) is 4.74 Å². The topological polar surface area (TPSA) is 9.23 Å². The second-order valence-electron chi connectivity index (χ2n) is 9.25. The zero-order valence-electron chi connectivity index (χ0n) is 19.4. The molecule has 0 amide bonds. The molecule has 0 spiro atoms. The van der Waals surface area contributed by atoms with E-state index >= 15 is 0 Å². The average molecular weight is 413 g/mol. The van der Waals surface area contributed by atoms with Crippen LogP contribution in [0.3, 0.4) is 0 Å². The first kappa shape index (κ1) is 27.1. The molecule has 0 saturated carbocycles. The van der Waals surface area contributed by atoms with Crippen molar-refractivity contribution in [3.8, 4) is 11.5 Å². The largest absolute Gasteiger partial charge is 0.378 e. The van der Waals surface area contributed by atoms with Gasteiger partial charge in [0, 0.05) is 12.2 Å². The van der Waals surface area contributed by atoms with Crippen LogP contribution in [-0.4, -0.2) is 32.3 Å². The van der Waals surface area contributed by atoms with Crippen molar-refractivity contribution in [2.24, 2.45) is 5.92 Å². The van der Waals surface area contributed by atoms with Crippen LogP contribution in [0.4, 0.5) is 0 Å². The lowest BCUT2D eigenvalue weighted by molar-refractivity contribution is 0.0920. The molecule has 0 unspecified atom stereocenters. The first-order valence-corrected chi connectivity index (χ1v) is 15.9. The van der Waals surface area contributed by atoms with E-state index in [1.165, 1.54) is 69.6 Å². The third kappa shape index (κ3) is 22.2. The summed E-state index contributed by atoms with van der Waals surface area (Å²) >= 11 is 2.05. The molecule has 0 bridgehead atoms. The summed E-state index contributed by atoms with van der Waals surface area (Å²) in [6.07, 6.45) is 14.0. The lowest BCUT2D eigenvalue weighted by atomic mass is 10.1. The molecule has 160 valence electrons. The van der Waals surface area contributed by atoms with Gasteiger partial charge in [0.15, 0.2) is 0 Å². The number of hydrogen-bond donors (Lipinski definition) is 0. The minimum atomic E-state index is -1.25. The molecule has 0 aliphatic carbocycles. The van der Waals surface area contributed by atoms with Gasteiger partial charge in [-0.3, -0.25) is 0 Å². The highest BCUT2D eigenvalue weighted by Crippen LogP contribution is 2.16. The summed E-state index contributed by atoms with van der Waals surface area (Å²) in [7, 11) is -1.25. The molecule has 0 aromatic heterocycles. The molecule has 0 rings (SSSR count). The Morgan fingerprint density at radius 1 is 0.778 bits per heavy atom. The minimum Gasteiger partial charge on any atom is -0.378 e. The molecular formula is C24H48OSSi. The maximum atomic E-state index is 5.56. The number of rotatable bonds is 17. The second-order valence-corrected chi connectivity index (χ2v) is 14.9. The van der Waals surface area contributed by atoms with Crippen LogP contribution < -0.4 is 0 Å². The van der Waals surface area contributed by atoms with Gasteiger partial charge in [0.25, 0.3) is 0 Å². The molecule has 0 aliphatic rings. The fourth-order valence-corrected chi connectivity index (χ4v) is 7.05. The Morgan fingerprint density at radius 3 is 1.89 bits per heavy atom. The van der Waals surface area contributed by atoms with Gasteiger partial charge in [0.1, 0.15) is 8.07 Å². The normalized spacial score (nSPS) is 11.9. The van der Waals surface area contributed by atoms with Crippen LogP contribution in [0.1, 0.15) is 91.9 Å². The van der Waals surface area contributed by atoms with Crippen LogP contribution in [0.5, 0.6) is 0 Å². The standard InChI is InChI=1S/C24H48OSSi/c1-23(2)22-27(5,6)21-17-15-13-11-9-7-8-10-12-14-16-19-26-20-18-25-24(3)4/h23-24H,7-16,18-20,22H2,1-6H3. The van der Waals surface area contributed by atoms with Crippen molar-refractivity contribution in [2.75, 3.05) is 18.1 Å².